The number of hydrogen-bond acceptors (Lipinski definition) is 2. The number of nitrogens with one attached hydrogen (secondary N) is 2. The standard InChI is InChI=1S/C14H11ClN2O2/c15-10-6-8-12(9-7-10)17-14(19)13(18)16-11-4-2-1-3-5-11/h1-9H,(H,16,18)(H,17,19). The molecule has 0 aliphatic carbocycles. The second-order valence-corrected chi connectivity index (χ2v) is 4.22. The first-order valence-corrected chi connectivity index (χ1v) is 5.96. The molecule has 0 saturated heterocycles. The fraction of sp³-hybridized carbons (Fsp3) is 0. The predicted octanol–water partition coefficient (Wildman–Crippen LogP) is 2.92. The topological polar surface area (TPSA) is 58.2 Å². The molecule has 0 bridgehead atoms. The molecule has 0 fully saturated rings. The quantitative estimate of drug-likeness (QED) is 0.827. The maximum absolute atomic E-state index is 11.6. The molecule has 2 aromatic carbocycles. The molecule has 2 N–H and O–H groups in total. The van der Waals surface area contributed by atoms with Gasteiger partial charge in [0.15, 0.2) is 0 Å². The molecule has 2 amide bonds. The minimum atomic E-state index is -0.730. The number of anilines is 2. The van der Waals surface area contributed by atoms with Gasteiger partial charge in [0.25, 0.3) is 0 Å². The summed E-state index contributed by atoms with van der Waals surface area (Å²) < 4.78 is 0. The van der Waals surface area contributed by atoms with Crippen molar-refractivity contribution in [3.05, 3.63) is 59.6 Å². The van der Waals surface area contributed by atoms with Gasteiger partial charge in [0.05, 0.1) is 0 Å². The van der Waals surface area contributed by atoms with Crippen molar-refractivity contribution >= 4 is 34.8 Å². The lowest BCUT2D eigenvalue weighted by Crippen LogP contribution is -2.28. The first-order chi connectivity index (χ1) is 9.15. The minimum absolute atomic E-state index is 0.512. The molecule has 0 aliphatic heterocycles. The van der Waals surface area contributed by atoms with Gasteiger partial charge in [-0.25, -0.2) is 0 Å². The minimum Gasteiger partial charge on any atom is -0.318 e. The molecule has 2 rings (SSSR count). The van der Waals surface area contributed by atoms with Gasteiger partial charge in [0.2, 0.25) is 0 Å². The Morgan fingerprint density at radius 1 is 0.737 bits per heavy atom. The number of hydrogen-bond donors (Lipinski definition) is 2. The van der Waals surface area contributed by atoms with Gasteiger partial charge in [-0.1, -0.05) is 29.8 Å². The summed E-state index contributed by atoms with van der Waals surface area (Å²) >= 11 is 5.73. The highest BCUT2D eigenvalue weighted by atomic mass is 35.5. The summed E-state index contributed by atoms with van der Waals surface area (Å²) in [6.45, 7) is 0. The number of rotatable bonds is 2. The summed E-state index contributed by atoms with van der Waals surface area (Å²) in [5.74, 6) is -1.45. The number of amides is 2. The van der Waals surface area contributed by atoms with Crippen LogP contribution in [0.5, 0.6) is 0 Å². The van der Waals surface area contributed by atoms with E-state index in [1.807, 2.05) is 6.07 Å². The van der Waals surface area contributed by atoms with Crippen molar-refractivity contribution < 1.29 is 9.59 Å². The monoisotopic (exact) mass is 274 g/mol. The Balaban J connectivity index is 1.96. The smallest absolute Gasteiger partial charge is 0.314 e. The van der Waals surface area contributed by atoms with Crippen molar-refractivity contribution in [3.63, 3.8) is 0 Å². The third-order valence-corrected chi connectivity index (χ3v) is 2.59. The zero-order valence-electron chi connectivity index (χ0n) is 9.89. The highest BCUT2D eigenvalue weighted by Gasteiger charge is 2.13. The molecule has 5 heteroatoms. The van der Waals surface area contributed by atoms with Crippen molar-refractivity contribution in [2.75, 3.05) is 10.6 Å². The lowest BCUT2D eigenvalue weighted by Gasteiger charge is -2.06. The molecule has 2 aromatic rings. The lowest BCUT2D eigenvalue weighted by atomic mass is 10.3. The molecule has 0 aliphatic rings. The Morgan fingerprint density at radius 3 is 1.74 bits per heavy atom. The number of para-hydroxylation sites is 1. The molecular weight excluding hydrogens is 264 g/mol. The third-order valence-electron chi connectivity index (χ3n) is 2.34. The van der Waals surface area contributed by atoms with Crippen LogP contribution in [0.3, 0.4) is 0 Å². The van der Waals surface area contributed by atoms with Gasteiger partial charge in [-0.15, -0.1) is 0 Å². The molecule has 0 atom stereocenters. The van der Waals surface area contributed by atoms with Crippen LogP contribution in [0.1, 0.15) is 0 Å². The lowest BCUT2D eigenvalue weighted by molar-refractivity contribution is -0.132. The van der Waals surface area contributed by atoms with Crippen LogP contribution in [0, 0.1) is 0 Å². The Bertz CT molecular complexity index is 582. The van der Waals surface area contributed by atoms with Crippen molar-refractivity contribution in [3.8, 4) is 0 Å². The summed E-state index contributed by atoms with van der Waals surface area (Å²) in [6.07, 6.45) is 0. The largest absolute Gasteiger partial charge is 0.318 e. The van der Waals surface area contributed by atoms with Crippen LogP contribution in [-0.4, -0.2) is 11.8 Å². The fourth-order valence-electron chi connectivity index (χ4n) is 1.43. The van der Waals surface area contributed by atoms with Crippen molar-refractivity contribution in [1.82, 2.24) is 0 Å². The second kappa shape index (κ2) is 6.02. The summed E-state index contributed by atoms with van der Waals surface area (Å²) in [6, 6.07) is 15.3. The molecule has 4 nitrogen and oxygen atoms in total. The Labute approximate surface area is 115 Å². The van der Waals surface area contributed by atoms with E-state index >= 15 is 0 Å². The van der Waals surface area contributed by atoms with E-state index in [2.05, 4.69) is 10.6 Å². The van der Waals surface area contributed by atoms with Gasteiger partial charge in [-0.3, -0.25) is 9.59 Å². The van der Waals surface area contributed by atoms with Gasteiger partial charge in [-0.05, 0) is 36.4 Å². The van der Waals surface area contributed by atoms with E-state index in [1.54, 1.807) is 48.5 Å². The predicted molar refractivity (Wildman–Crippen MR) is 75.2 cm³/mol. The molecule has 0 unspecified atom stereocenters. The number of halogens is 1. The Hall–Kier alpha value is -2.33. The number of carbonyl (C=O) groups is 2. The molecule has 0 heterocycles. The zero-order chi connectivity index (χ0) is 13.7. The SMILES string of the molecule is O=C(Nc1ccccc1)C(=O)Nc1ccc(Cl)cc1. The molecule has 19 heavy (non-hydrogen) atoms. The van der Waals surface area contributed by atoms with Crippen molar-refractivity contribution in [2.45, 2.75) is 0 Å². The van der Waals surface area contributed by atoms with Gasteiger partial charge in [0, 0.05) is 16.4 Å². The van der Waals surface area contributed by atoms with Crippen molar-refractivity contribution in [2.24, 2.45) is 0 Å². The van der Waals surface area contributed by atoms with Gasteiger partial charge >= 0.3 is 11.8 Å². The van der Waals surface area contributed by atoms with Crippen LogP contribution in [-0.2, 0) is 9.59 Å². The van der Waals surface area contributed by atoms with Crippen LogP contribution < -0.4 is 10.6 Å². The van der Waals surface area contributed by atoms with E-state index in [0.717, 1.165) is 0 Å². The fourth-order valence-corrected chi connectivity index (χ4v) is 1.56. The van der Waals surface area contributed by atoms with E-state index in [1.165, 1.54) is 0 Å². The Kier molecular flexibility index (Phi) is 4.15. The number of carbonyl (C=O) groups excluding carboxylic acids is 2. The van der Waals surface area contributed by atoms with Crippen LogP contribution in [0.25, 0.3) is 0 Å². The van der Waals surface area contributed by atoms with Gasteiger partial charge < -0.3 is 10.6 Å². The van der Waals surface area contributed by atoms with Gasteiger partial charge in [0.1, 0.15) is 0 Å². The van der Waals surface area contributed by atoms with E-state index in [9.17, 15) is 9.59 Å². The van der Waals surface area contributed by atoms with E-state index in [0.29, 0.717) is 16.4 Å². The van der Waals surface area contributed by atoms with Crippen LogP contribution in [0.4, 0.5) is 11.4 Å². The highest BCUT2D eigenvalue weighted by Crippen LogP contribution is 2.13. The van der Waals surface area contributed by atoms with E-state index in [4.69, 9.17) is 11.6 Å². The summed E-state index contributed by atoms with van der Waals surface area (Å²) in [5.41, 5.74) is 1.08. The molecule has 0 saturated carbocycles. The van der Waals surface area contributed by atoms with E-state index < -0.39 is 11.8 Å². The third kappa shape index (κ3) is 3.82. The summed E-state index contributed by atoms with van der Waals surface area (Å²) in [5, 5.41) is 5.54. The first kappa shape index (κ1) is 13.1. The summed E-state index contributed by atoms with van der Waals surface area (Å²) in [7, 11) is 0. The number of benzene rings is 2. The molecule has 0 aromatic heterocycles. The van der Waals surface area contributed by atoms with Crippen LogP contribution >= 0.6 is 11.6 Å². The van der Waals surface area contributed by atoms with E-state index in [-0.39, 0.29) is 0 Å². The maximum Gasteiger partial charge on any atom is 0.314 e. The molecule has 96 valence electrons. The molecule has 0 radical (unpaired) electrons. The normalized spacial score (nSPS) is 9.74. The zero-order valence-corrected chi connectivity index (χ0v) is 10.6. The van der Waals surface area contributed by atoms with Crippen LogP contribution in [0.15, 0.2) is 54.6 Å². The average Bonchev–Trinajstić information content (AvgIpc) is 2.42. The first-order valence-electron chi connectivity index (χ1n) is 5.58. The second-order valence-electron chi connectivity index (χ2n) is 3.78. The maximum atomic E-state index is 11.6. The average molecular weight is 275 g/mol. The molecular formula is C14H11ClN2O2. The van der Waals surface area contributed by atoms with Crippen LogP contribution in [0.2, 0.25) is 5.02 Å². The Morgan fingerprint density at radius 2 is 1.21 bits per heavy atom. The molecule has 0 spiro atoms. The van der Waals surface area contributed by atoms with Gasteiger partial charge in [-0.2, -0.15) is 0 Å². The summed E-state index contributed by atoms with van der Waals surface area (Å²) in [4.78, 5) is 23.3. The highest BCUT2D eigenvalue weighted by molar-refractivity contribution is 6.43. The van der Waals surface area contributed by atoms with Crippen molar-refractivity contribution in [1.29, 1.82) is 0 Å².